The Morgan fingerprint density at radius 3 is 2.81 bits per heavy atom. The quantitative estimate of drug-likeness (QED) is 0.786. The topological polar surface area (TPSA) is 73.2 Å². The van der Waals surface area contributed by atoms with Crippen molar-refractivity contribution in [2.75, 3.05) is 11.9 Å². The van der Waals surface area contributed by atoms with Crippen molar-refractivity contribution in [3.8, 4) is 5.75 Å². The molecule has 1 aliphatic rings. The van der Waals surface area contributed by atoms with Gasteiger partial charge in [-0.1, -0.05) is 0 Å². The lowest BCUT2D eigenvalue weighted by Gasteiger charge is -2.09. The zero-order valence-electron chi connectivity index (χ0n) is 14.5. The van der Waals surface area contributed by atoms with Crippen molar-refractivity contribution in [3.63, 3.8) is 0 Å². The van der Waals surface area contributed by atoms with Gasteiger partial charge in [0.1, 0.15) is 11.6 Å². The SMILES string of the molecule is CCOc1ccc(NC(=O)c2ccc3c(=O)n4c(nc3c2)CCC4)cc1. The van der Waals surface area contributed by atoms with E-state index >= 15 is 0 Å². The number of carbonyl (C=O) groups is 1. The van der Waals surface area contributed by atoms with Gasteiger partial charge in [-0.05, 0) is 55.8 Å². The van der Waals surface area contributed by atoms with E-state index in [9.17, 15) is 9.59 Å². The minimum Gasteiger partial charge on any atom is -0.494 e. The first-order valence-electron chi connectivity index (χ1n) is 8.73. The largest absolute Gasteiger partial charge is 0.494 e. The minimum atomic E-state index is -0.238. The Morgan fingerprint density at radius 2 is 2.04 bits per heavy atom. The van der Waals surface area contributed by atoms with Crippen LogP contribution in [0.4, 0.5) is 5.69 Å². The minimum absolute atomic E-state index is 0.0269. The Morgan fingerprint density at radius 1 is 1.23 bits per heavy atom. The van der Waals surface area contributed by atoms with Gasteiger partial charge in [0.25, 0.3) is 11.5 Å². The number of aromatic nitrogens is 2. The third-order valence-electron chi connectivity index (χ3n) is 4.50. The second kappa shape index (κ2) is 6.63. The summed E-state index contributed by atoms with van der Waals surface area (Å²) in [7, 11) is 0. The highest BCUT2D eigenvalue weighted by molar-refractivity contribution is 6.06. The number of hydrogen-bond acceptors (Lipinski definition) is 4. The van der Waals surface area contributed by atoms with Crippen molar-refractivity contribution in [2.24, 2.45) is 0 Å². The molecule has 26 heavy (non-hydrogen) atoms. The summed E-state index contributed by atoms with van der Waals surface area (Å²) in [6.07, 6.45) is 1.73. The predicted octanol–water partition coefficient (Wildman–Crippen LogP) is 2.99. The van der Waals surface area contributed by atoms with Crippen LogP contribution in [0.2, 0.25) is 0 Å². The van der Waals surface area contributed by atoms with E-state index in [1.54, 1.807) is 34.9 Å². The monoisotopic (exact) mass is 349 g/mol. The lowest BCUT2D eigenvalue weighted by molar-refractivity contribution is 0.102. The van der Waals surface area contributed by atoms with E-state index in [0.29, 0.717) is 28.8 Å². The molecule has 0 saturated heterocycles. The van der Waals surface area contributed by atoms with Crippen molar-refractivity contribution in [2.45, 2.75) is 26.3 Å². The number of aryl methyl sites for hydroxylation is 1. The maximum atomic E-state index is 12.5. The molecule has 4 rings (SSSR count). The van der Waals surface area contributed by atoms with Gasteiger partial charge >= 0.3 is 0 Å². The maximum absolute atomic E-state index is 12.5. The smallest absolute Gasteiger partial charge is 0.261 e. The standard InChI is InChI=1S/C20H19N3O3/c1-2-26-15-8-6-14(7-9-15)21-19(24)13-5-10-16-17(12-13)22-18-4-3-11-23(18)20(16)25/h5-10,12H,2-4,11H2,1H3,(H,21,24). The Labute approximate surface area is 150 Å². The summed E-state index contributed by atoms with van der Waals surface area (Å²) in [6.45, 7) is 3.24. The lowest BCUT2D eigenvalue weighted by Crippen LogP contribution is -2.21. The first kappa shape index (κ1) is 16.3. The molecule has 0 radical (unpaired) electrons. The van der Waals surface area contributed by atoms with Crippen LogP contribution in [0.3, 0.4) is 0 Å². The molecule has 0 atom stereocenters. The molecule has 0 unspecified atom stereocenters. The van der Waals surface area contributed by atoms with Crippen LogP contribution >= 0.6 is 0 Å². The van der Waals surface area contributed by atoms with Crippen molar-refractivity contribution in [1.82, 2.24) is 9.55 Å². The molecule has 0 bridgehead atoms. The van der Waals surface area contributed by atoms with E-state index in [-0.39, 0.29) is 11.5 Å². The molecule has 1 aliphatic heterocycles. The van der Waals surface area contributed by atoms with Crippen LogP contribution in [0.5, 0.6) is 5.75 Å². The third kappa shape index (κ3) is 2.94. The van der Waals surface area contributed by atoms with Gasteiger partial charge in [0.2, 0.25) is 0 Å². The van der Waals surface area contributed by atoms with Crippen molar-refractivity contribution in [1.29, 1.82) is 0 Å². The van der Waals surface area contributed by atoms with Crippen molar-refractivity contribution in [3.05, 3.63) is 64.2 Å². The van der Waals surface area contributed by atoms with Crippen LogP contribution in [0, 0.1) is 0 Å². The highest BCUT2D eigenvalue weighted by Gasteiger charge is 2.17. The van der Waals surface area contributed by atoms with Crippen molar-refractivity contribution < 1.29 is 9.53 Å². The van der Waals surface area contributed by atoms with Gasteiger partial charge < -0.3 is 10.1 Å². The van der Waals surface area contributed by atoms with E-state index in [2.05, 4.69) is 10.3 Å². The summed E-state index contributed by atoms with van der Waals surface area (Å²) in [5.74, 6) is 1.32. The molecule has 0 aliphatic carbocycles. The van der Waals surface area contributed by atoms with Crippen LogP contribution < -0.4 is 15.6 Å². The van der Waals surface area contributed by atoms with Crippen LogP contribution in [-0.4, -0.2) is 22.1 Å². The summed E-state index contributed by atoms with van der Waals surface area (Å²) in [5.41, 5.74) is 1.70. The fourth-order valence-corrected chi connectivity index (χ4v) is 3.23. The van der Waals surface area contributed by atoms with E-state index < -0.39 is 0 Å². The normalized spacial score (nSPS) is 12.8. The first-order chi connectivity index (χ1) is 12.7. The number of anilines is 1. The molecule has 1 aromatic heterocycles. The Balaban J connectivity index is 1.61. The second-order valence-electron chi connectivity index (χ2n) is 6.23. The van der Waals surface area contributed by atoms with E-state index in [1.807, 2.05) is 19.1 Å². The molecule has 1 amide bonds. The number of nitrogens with zero attached hydrogens (tertiary/aromatic N) is 2. The van der Waals surface area contributed by atoms with E-state index in [0.717, 1.165) is 31.0 Å². The zero-order chi connectivity index (χ0) is 18.1. The van der Waals surface area contributed by atoms with Gasteiger partial charge in [0.15, 0.2) is 0 Å². The predicted molar refractivity (Wildman–Crippen MR) is 99.9 cm³/mol. The Hall–Kier alpha value is -3.15. The molecule has 0 saturated carbocycles. The third-order valence-corrected chi connectivity index (χ3v) is 4.50. The van der Waals surface area contributed by atoms with Gasteiger partial charge in [-0.3, -0.25) is 14.2 Å². The number of fused-ring (bicyclic) bond motifs is 2. The Kier molecular flexibility index (Phi) is 4.16. The van der Waals surface area contributed by atoms with Crippen LogP contribution in [-0.2, 0) is 13.0 Å². The van der Waals surface area contributed by atoms with E-state index in [4.69, 9.17) is 4.74 Å². The summed E-state index contributed by atoms with van der Waals surface area (Å²) in [6, 6.07) is 12.2. The molecule has 0 fully saturated rings. The number of ether oxygens (including phenoxy) is 1. The highest BCUT2D eigenvalue weighted by atomic mass is 16.5. The number of carbonyl (C=O) groups excluding carboxylic acids is 1. The maximum Gasteiger partial charge on any atom is 0.261 e. The number of hydrogen-bond donors (Lipinski definition) is 1. The molecule has 6 heteroatoms. The van der Waals surface area contributed by atoms with E-state index in [1.165, 1.54) is 0 Å². The van der Waals surface area contributed by atoms with Gasteiger partial charge in [-0.15, -0.1) is 0 Å². The summed E-state index contributed by atoms with van der Waals surface area (Å²) >= 11 is 0. The van der Waals surface area contributed by atoms with Gasteiger partial charge in [0.05, 0.1) is 17.5 Å². The molecule has 2 heterocycles. The van der Waals surface area contributed by atoms with Gasteiger partial charge in [-0.2, -0.15) is 0 Å². The number of rotatable bonds is 4. The molecule has 2 aromatic carbocycles. The summed E-state index contributed by atoms with van der Waals surface area (Å²) < 4.78 is 7.12. The summed E-state index contributed by atoms with van der Waals surface area (Å²) in [4.78, 5) is 29.6. The Bertz CT molecular complexity index is 1040. The molecule has 6 nitrogen and oxygen atoms in total. The summed E-state index contributed by atoms with van der Waals surface area (Å²) in [5, 5.41) is 3.40. The van der Waals surface area contributed by atoms with Crippen LogP contribution in [0.1, 0.15) is 29.5 Å². The van der Waals surface area contributed by atoms with Gasteiger partial charge in [-0.25, -0.2) is 4.98 Å². The van der Waals surface area contributed by atoms with Crippen LogP contribution in [0.15, 0.2) is 47.3 Å². The average molecular weight is 349 g/mol. The molecule has 132 valence electrons. The van der Waals surface area contributed by atoms with Crippen LogP contribution in [0.25, 0.3) is 10.9 Å². The second-order valence-corrected chi connectivity index (χ2v) is 6.23. The lowest BCUT2D eigenvalue weighted by atomic mass is 10.1. The first-order valence-corrected chi connectivity index (χ1v) is 8.73. The fourth-order valence-electron chi connectivity index (χ4n) is 3.23. The highest BCUT2D eigenvalue weighted by Crippen LogP contribution is 2.19. The van der Waals surface area contributed by atoms with Crippen molar-refractivity contribution >= 4 is 22.5 Å². The molecular weight excluding hydrogens is 330 g/mol. The fraction of sp³-hybridized carbons (Fsp3) is 0.250. The molecule has 1 N–H and O–H groups in total. The number of amides is 1. The molecule has 3 aromatic rings. The average Bonchev–Trinajstić information content (AvgIpc) is 3.12. The van der Waals surface area contributed by atoms with Gasteiger partial charge in [0, 0.05) is 24.2 Å². The number of nitrogens with one attached hydrogen (secondary N) is 1. The zero-order valence-corrected chi connectivity index (χ0v) is 14.5. The molecule has 0 spiro atoms. The molecular formula is C20H19N3O3. The number of benzene rings is 2.